The largest absolute Gasteiger partial charge is 0.395 e. The molecule has 0 aromatic heterocycles. The molecule has 4 nitrogen and oxygen atoms in total. The van der Waals surface area contributed by atoms with E-state index in [1.807, 2.05) is 6.07 Å². The molecule has 0 aliphatic heterocycles. The first-order valence-electron chi connectivity index (χ1n) is 7.95. The van der Waals surface area contributed by atoms with Crippen LogP contribution in [0.5, 0.6) is 0 Å². The molecule has 3 rings (SSSR count). The average molecular weight is 285 g/mol. The normalized spacial score (nSPS) is 18.1. The molecular weight excluding hydrogens is 262 g/mol. The Kier molecular flexibility index (Phi) is 4.42. The Balaban J connectivity index is 1.77. The van der Waals surface area contributed by atoms with Crippen LogP contribution in [-0.4, -0.2) is 30.3 Å². The lowest BCUT2D eigenvalue weighted by molar-refractivity contribution is 0.283. The number of nitriles is 1. The summed E-state index contributed by atoms with van der Waals surface area (Å²) in [4.78, 5) is 2.21. The van der Waals surface area contributed by atoms with E-state index < -0.39 is 0 Å². The van der Waals surface area contributed by atoms with Crippen molar-refractivity contribution in [3.8, 4) is 6.07 Å². The van der Waals surface area contributed by atoms with Crippen LogP contribution in [0.1, 0.15) is 43.2 Å². The number of rotatable bonds is 7. The van der Waals surface area contributed by atoms with Crippen LogP contribution in [-0.2, 0) is 6.54 Å². The molecule has 2 aliphatic rings. The number of hydrogen-bond donors (Lipinski definition) is 2. The van der Waals surface area contributed by atoms with E-state index in [1.54, 1.807) is 0 Å². The first kappa shape index (κ1) is 14.4. The molecule has 112 valence electrons. The van der Waals surface area contributed by atoms with Gasteiger partial charge in [-0.05, 0) is 49.8 Å². The van der Waals surface area contributed by atoms with Crippen LogP contribution in [0.25, 0.3) is 0 Å². The Morgan fingerprint density at radius 2 is 2.10 bits per heavy atom. The maximum Gasteiger partial charge on any atom is 0.101 e. The van der Waals surface area contributed by atoms with Crippen molar-refractivity contribution in [3.63, 3.8) is 0 Å². The molecule has 0 atom stereocenters. The van der Waals surface area contributed by atoms with E-state index >= 15 is 0 Å². The Morgan fingerprint density at radius 3 is 2.67 bits per heavy atom. The highest BCUT2D eigenvalue weighted by molar-refractivity contribution is 5.61. The number of anilines is 1. The molecule has 2 N–H and O–H groups in total. The minimum Gasteiger partial charge on any atom is -0.395 e. The molecule has 0 spiro atoms. The lowest BCUT2D eigenvalue weighted by atomic mass is 9.90. The maximum absolute atomic E-state index is 9.46. The van der Waals surface area contributed by atoms with Gasteiger partial charge in [0.2, 0.25) is 0 Å². The quantitative estimate of drug-likeness (QED) is 0.806. The van der Waals surface area contributed by atoms with Crippen molar-refractivity contribution >= 4 is 5.69 Å². The highest BCUT2D eigenvalue weighted by atomic mass is 16.3. The summed E-state index contributed by atoms with van der Waals surface area (Å²) in [5, 5.41) is 22.2. The number of aliphatic hydroxyl groups excluding tert-OH is 1. The highest BCUT2D eigenvalue weighted by Crippen LogP contribution is 2.32. The lowest BCUT2D eigenvalue weighted by Crippen LogP contribution is -2.42. The standard InChI is InChI=1S/C17H23N3O/c18-11-14-10-13(12-19-15-5-6-15)4-7-17(14)20(8-9-21)16-2-1-3-16/h4,7,10,15-16,19,21H,1-3,5-6,8-9,12H2. The van der Waals surface area contributed by atoms with Gasteiger partial charge in [-0.3, -0.25) is 0 Å². The van der Waals surface area contributed by atoms with Gasteiger partial charge in [-0.15, -0.1) is 0 Å². The average Bonchev–Trinajstić information content (AvgIpc) is 3.26. The fourth-order valence-corrected chi connectivity index (χ4v) is 2.89. The molecule has 2 saturated carbocycles. The van der Waals surface area contributed by atoms with Crippen LogP contribution in [0, 0.1) is 11.3 Å². The van der Waals surface area contributed by atoms with Crippen molar-refractivity contribution in [2.24, 2.45) is 0 Å². The number of nitrogens with zero attached hydrogens (tertiary/aromatic N) is 2. The van der Waals surface area contributed by atoms with E-state index in [-0.39, 0.29) is 6.61 Å². The monoisotopic (exact) mass is 285 g/mol. The second-order valence-electron chi connectivity index (χ2n) is 6.12. The smallest absolute Gasteiger partial charge is 0.101 e. The summed E-state index contributed by atoms with van der Waals surface area (Å²) >= 11 is 0. The Bertz CT molecular complexity index is 529. The van der Waals surface area contributed by atoms with E-state index in [4.69, 9.17) is 0 Å². The number of nitrogens with one attached hydrogen (secondary N) is 1. The summed E-state index contributed by atoms with van der Waals surface area (Å²) < 4.78 is 0. The van der Waals surface area contributed by atoms with Crippen molar-refractivity contribution in [2.75, 3.05) is 18.1 Å². The summed E-state index contributed by atoms with van der Waals surface area (Å²) in [7, 11) is 0. The minimum atomic E-state index is 0.131. The zero-order chi connectivity index (χ0) is 14.7. The first-order valence-corrected chi connectivity index (χ1v) is 7.95. The van der Waals surface area contributed by atoms with E-state index in [0.29, 0.717) is 18.6 Å². The number of hydrogen-bond acceptors (Lipinski definition) is 4. The molecule has 0 unspecified atom stereocenters. The van der Waals surface area contributed by atoms with Gasteiger partial charge in [-0.25, -0.2) is 0 Å². The Morgan fingerprint density at radius 1 is 1.29 bits per heavy atom. The van der Waals surface area contributed by atoms with Gasteiger partial charge in [0.1, 0.15) is 6.07 Å². The summed E-state index contributed by atoms with van der Waals surface area (Å²) in [5.41, 5.74) is 2.87. The van der Waals surface area contributed by atoms with Gasteiger partial charge in [-0.1, -0.05) is 6.07 Å². The molecule has 2 aliphatic carbocycles. The Hall–Kier alpha value is -1.57. The molecule has 0 radical (unpaired) electrons. The van der Waals surface area contributed by atoms with Crippen molar-refractivity contribution in [2.45, 2.75) is 50.7 Å². The summed E-state index contributed by atoms with van der Waals surface area (Å²) in [6.45, 7) is 1.58. The number of benzene rings is 1. The molecule has 1 aromatic rings. The lowest BCUT2D eigenvalue weighted by Gasteiger charge is -2.39. The molecule has 0 heterocycles. The van der Waals surface area contributed by atoms with Crippen LogP contribution in [0.15, 0.2) is 18.2 Å². The van der Waals surface area contributed by atoms with Crippen molar-refractivity contribution in [1.29, 1.82) is 5.26 Å². The molecule has 0 bridgehead atoms. The van der Waals surface area contributed by atoms with Crippen LogP contribution in [0.3, 0.4) is 0 Å². The zero-order valence-electron chi connectivity index (χ0n) is 12.4. The minimum absolute atomic E-state index is 0.131. The second-order valence-corrected chi connectivity index (χ2v) is 6.12. The van der Waals surface area contributed by atoms with Crippen LogP contribution in [0.4, 0.5) is 5.69 Å². The van der Waals surface area contributed by atoms with Crippen LogP contribution in [0.2, 0.25) is 0 Å². The summed E-state index contributed by atoms with van der Waals surface area (Å²) in [6.07, 6.45) is 6.12. The van der Waals surface area contributed by atoms with Gasteiger partial charge in [0, 0.05) is 25.2 Å². The van der Waals surface area contributed by atoms with E-state index in [9.17, 15) is 10.4 Å². The van der Waals surface area contributed by atoms with Crippen LogP contribution < -0.4 is 10.2 Å². The fourth-order valence-electron chi connectivity index (χ4n) is 2.89. The molecular formula is C17H23N3O. The van der Waals surface area contributed by atoms with Gasteiger partial charge < -0.3 is 15.3 Å². The molecule has 0 amide bonds. The molecule has 2 fully saturated rings. The van der Waals surface area contributed by atoms with Crippen molar-refractivity contribution < 1.29 is 5.11 Å². The van der Waals surface area contributed by atoms with Gasteiger partial charge in [0.15, 0.2) is 0 Å². The van der Waals surface area contributed by atoms with Gasteiger partial charge in [-0.2, -0.15) is 5.26 Å². The Labute approximate surface area is 126 Å². The topological polar surface area (TPSA) is 59.3 Å². The van der Waals surface area contributed by atoms with E-state index in [2.05, 4.69) is 28.4 Å². The predicted octanol–water partition coefficient (Wildman–Crippen LogP) is 2.16. The first-order chi connectivity index (χ1) is 10.3. The maximum atomic E-state index is 9.46. The third-order valence-corrected chi connectivity index (χ3v) is 4.52. The second kappa shape index (κ2) is 6.46. The molecule has 4 heteroatoms. The van der Waals surface area contributed by atoms with Crippen molar-refractivity contribution in [1.82, 2.24) is 5.32 Å². The van der Waals surface area contributed by atoms with E-state index in [1.165, 1.54) is 24.8 Å². The summed E-state index contributed by atoms with van der Waals surface area (Å²) in [6, 6.07) is 9.64. The van der Waals surface area contributed by atoms with E-state index in [0.717, 1.165) is 30.6 Å². The van der Waals surface area contributed by atoms with Gasteiger partial charge >= 0.3 is 0 Å². The van der Waals surface area contributed by atoms with Crippen molar-refractivity contribution in [3.05, 3.63) is 29.3 Å². The van der Waals surface area contributed by atoms with Gasteiger partial charge in [0.05, 0.1) is 17.9 Å². The fraction of sp³-hybridized carbons (Fsp3) is 0.588. The van der Waals surface area contributed by atoms with Crippen LogP contribution >= 0.6 is 0 Å². The predicted molar refractivity (Wildman–Crippen MR) is 83.1 cm³/mol. The molecule has 21 heavy (non-hydrogen) atoms. The third kappa shape index (κ3) is 3.37. The number of aliphatic hydroxyl groups is 1. The molecule has 1 aromatic carbocycles. The molecule has 0 saturated heterocycles. The summed E-state index contributed by atoms with van der Waals surface area (Å²) in [5.74, 6) is 0. The highest BCUT2D eigenvalue weighted by Gasteiger charge is 2.26. The SMILES string of the molecule is N#Cc1cc(CNC2CC2)ccc1N(CCO)C1CCC1. The third-order valence-electron chi connectivity index (χ3n) is 4.52. The van der Waals surface area contributed by atoms with Gasteiger partial charge in [0.25, 0.3) is 0 Å². The zero-order valence-corrected chi connectivity index (χ0v) is 12.4.